The maximum Gasteiger partial charge on any atom is 0.250 e. The van der Waals surface area contributed by atoms with Crippen molar-refractivity contribution < 1.29 is 23.2 Å². The van der Waals surface area contributed by atoms with E-state index in [1.807, 2.05) is 31.2 Å². The molecule has 5 rings (SSSR count). The fourth-order valence-corrected chi connectivity index (χ4v) is 4.82. The Bertz CT molecular complexity index is 1370. The van der Waals surface area contributed by atoms with Crippen molar-refractivity contribution in [1.82, 2.24) is 30.4 Å². The molecule has 0 bridgehead atoms. The highest BCUT2D eigenvalue weighted by Crippen LogP contribution is 2.27. The smallest absolute Gasteiger partial charge is 0.250 e. The second-order valence-electron chi connectivity index (χ2n) is 9.68. The monoisotopic (exact) mass is 532 g/mol. The third-order valence-corrected chi connectivity index (χ3v) is 6.85. The van der Waals surface area contributed by atoms with Crippen LogP contribution in [0.25, 0.3) is 11.6 Å². The highest BCUT2D eigenvalue weighted by Gasteiger charge is 2.35. The Hall–Kier alpha value is -4.41. The van der Waals surface area contributed by atoms with Gasteiger partial charge in [-0.05, 0) is 66.9 Å². The van der Waals surface area contributed by atoms with Crippen LogP contribution in [0.2, 0.25) is 0 Å². The van der Waals surface area contributed by atoms with Gasteiger partial charge in [-0.3, -0.25) is 9.59 Å². The molecule has 1 aromatic carbocycles. The number of nitrogens with zero attached hydrogens (tertiary/aromatic N) is 5. The summed E-state index contributed by atoms with van der Waals surface area (Å²) in [5.74, 6) is 1.87. The summed E-state index contributed by atoms with van der Waals surface area (Å²) in [6, 6.07) is 13.4. The molecule has 204 valence electrons. The SMILES string of the molecule is COc1ccc(CN(C(=O)Cn2nnc(-c3ccc(C)o3)n2)[C@H](C(=O)NC2CCCCC2)c2ccco2)cc1. The van der Waals surface area contributed by atoms with Gasteiger partial charge in [-0.1, -0.05) is 31.4 Å². The van der Waals surface area contributed by atoms with Gasteiger partial charge < -0.3 is 23.8 Å². The van der Waals surface area contributed by atoms with Crippen LogP contribution in [0.4, 0.5) is 0 Å². The molecule has 1 atom stereocenters. The van der Waals surface area contributed by atoms with E-state index in [9.17, 15) is 9.59 Å². The minimum Gasteiger partial charge on any atom is -0.497 e. The van der Waals surface area contributed by atoms with Crippen molar-refractivity contribution >= 4 is 11.8 Å². The van der Waals surface area contributed by atoms with Gasteiger partial charge >= 0.3 is 0 Å². The molecule has 4 aromatic rings. The number of amides is 2. The Balaban J connectivity index is 1.43. The average Bonchev–Trinajstić information content (AvgIpc) is 3.72. The maximum atomic E-state index is 13.9. The van der Waals surface area contributed by atoms with Crippen LogP contribution in [0.1, 0.15) is 55.2 Å². The highest BCUT2D eigenvalue weighted by molar-refractivity contribution is 5.88. The van der Waals surface area contributed by atoms with E-state index in [2.05, 4.69) is 20.7 Å². The van der Waals surface area contributed by atoms with Crippen LogP contribution >= 0.6 is 0 Å². The van der Waals surface area contributed by atoms with Crippen molar-refractivity contribution in [3.05, 3.63) is 71.9 Å². The van der Waals surface area contributed by atoms with E-state index in [1.165, 1.54) is 22.4 Å². The Kier molecular flexibility index (Phi) is 8.04. The van der Waals surface area contributed by atoms with Gasteiger partial charge in [0.25, 0.3) is 5.91 Å². The van der Waals surface area contributed by atoms with Crippen molar-refractivity contribution in [3.8, 4) is 17.3 Å². The van der Waals surface area contributed by atoms with Crippen molar-refractivity contribution in [2.24, 2.45) is 0 Å². The predicted octanol–water partition coefficient (Wildman–Crippen LogP) is 4.06. The Morgan fingerprint density at radius 3 is 2.59 bits per heavy atom. The number of methoxy groups -OCH3 is 1. The van der Waals surface area contributed by atoms with E-state index in [0.29, 0.717) is 23.0 Å². The number of hydrogen-bond donors (Lipinski definition) is 1. The van der Waals surface area contributed by atoms with Gasteiger partial charge in [-0.25, -0.2) is 0 Å². The standard InChI is InChI=1S/C28H32N6O5/c1-19-10-15-24(39-19)27-30-32-34(31-27)18-25(35)33(17-20-11-13-22(37-2)14-12-20)26(23-9-6-16-38-23)28(36)29-21-7-4-3-5-8-21/h6,9-16,21,26H,3-5,7-8,17-18H2,1-2H3,(H,29,36)/t26-/m0/s1. The van der Waals surface area contributed by atoms with Crippen LogP contribution < -0.4 is 10.1 Å². The van der Waals surface area contributed by atoms with Gasteiger partial charge in [0.15, 0.2) is 11.8 Å². The fraction of sp³-hybridized carbons (Fsp3) is 0.393. The number of rotatable bonds is 10. The van der Waals surface area contributed by atoms with E-state index in [-0.39, 0.29) is 36.8 Å². The van der Waals surface area contributed by atoms with Crippen LogP contribution in [0, 0.1) is 6.92 Å². The highest BCUT2D eigenvalue weighted by atomic mass is 16.5. The molecule has 1 saturated carbocycles. The molecule has 0 radical (unpaired) electrons. The van der Waals surface area contributed by atoms with Crippen molar-refractivity contribution in [3.63, 3.8) is 0 Å². The quantitative estimate of drug-likeness (QED) is 0.324. The molecule has 1 N–H and O–H groups in total. The van der Waals surface area contributed by atoms with Gasteiger partial charge in [-0.2, -0.15) is 4.80 Å². The molecule has 0 unspecified atom stereocenters. The van der Waals surface area contributed by atoms with Gasteiger partial charge in [0, 0.05) is 12.6 Å². The number of nitrogens with one attached hydrogen (secondary N) is 1. The van der Waals surface area contributed by atoms with E-state index in [1.54, 1.807) is 31.4 Å². The number of aromatic nitrogens is 4. The summed E-state index contributed by atoms with van der Waals surface area (Å²) in [6.07, 6.45) is 6.64. The molecule has 0 aliphatic heterocycles. The molecule has 1 fully saturated rings. The Morgan fingerprint density at radius 2 is 1.92 bits per heavy atom. The summed E-state index contributed by atoms with van der Waals surface area (Å²) in [5, 5.41) is 15.6. The maximum absolute atomic E-state index is 13.9. The zero-order chi connectivity index (χ0) is 27.2. The van der Waals surface area contributed by atoms with Crippen LogP contribution in [0.3, 0.4) is 0 Å². The molecular formula is C28H32N6O5. The fourth-order valence-electron chi connectivity index (χ4n) is 4.82. The minimum absolute atomic E-state index is 0.0675. The number of carbonyl (C=O) groups is 2. The molecule has 0 saturated heterocycles. The van der Waals surface area contributed by atoms with E-state index in [0.717, 1.165) is 31.2 Å². The van der Waals surface area contributed by atoms with Crippen LogP contribution in [0.15, 0.2) is 63.6 Å². The Labute approximate surface area is 226 Å². The first-order valence-electron chi connectivity index (χ1n) is 13.1. The first-order chi connectivity index (χ1) is 19.0. The van der Waals surface area contributed by atoms with Gasteiger partial charge in [0.1, 0.15) is 23.8 Å². The summed E-state index contributed by atoms with van der Waals surface area (Å²) >= 11 is 0. The summed E-state index contributed by atoms with van der Waals surface area (Å²) in [7, 11) is 1.59. The third-order valence-electron chi connectivity index (χ3n) is 6.85. The molecule has 11 heteroatoms. The number of carbonyl (C=O) groups excluding carboxylic acids is 2. The first-order valence-corrected chi connectivity index (χ1v) is 13.1. The molecule has 3 heterocycles. The molecule has 0 spiro atoms. The molecule has 11 nitrogen and oxygen atoms in total. The van der Waals surface area contributed by atoms with Gasteiger partial charge in [0.2, 0.25) is 11.7 Å². The van der Waals surface area contributed by atoms with E-state index >= 15 is 0 Å². The molecule has 1 aliphatic rings. The zero-order valence-electron chi connectivity index (χ0n) is 22.1. The number of benzene rings is 1. The molecule has 3 aromatic heterocycles. The molecular weight excluding hydrogens is 500 g/mol. The number of furan rings is 2. The summed E-state index contributed by atoms with van der Waals surface area (Å²) < 4.78 is 16.5. The van der Waals surface area contributed by atoms with E-state index < -0.39 is 6.04 Å². The van der Waals surface area contributed by atoms with Crippen LogP contribution in [-0.4, -0.2) is 50.1 Å². The first kappa shape index (κ1) is 26.2. The third kappa shape index (κ3) is 6.36. The Morgan fingerprint density at radius 1 is 1.13 bits per heavy atom. The summed E-state index contributed by atoms with van der Waals surface area (Å²) in [4.78, 5) is 30.3. The molecule has 2 amide bonds. The number of tetrazole rings is 1. The lowest BCUT2D eigenvalue weighted by Gasteiger charge is -2.32. The summed E-state index contributed by atoms with van der Waals surface area (Å²) in [6.45, 7) is 1.75. The number of ether oxygens (including phenoxy) is 1. The van der Waals surface area contributed by atoms with Crippen molar-refractivity contribution in [2.75, 3.05) is 7.11 Å². The van der Waals surface area contributed by atoms with Crippen LogP contribution in [0.5, 0.6) is 5.75 Å². The van der Waals surface area contributed by atoms with Gasteiger partial charge in [-0.15, -0.1) is 10.2 Å². The lowest BCUT2D eigenvalue weighted by Crippen LogP contribution is -2.47. The van der Waals surface area contributed by atoms with Gasteiger partial charge in [0.05, 0.1) is 13.4 Å². The summed E-state index contributed by atoms with van der Waals surface area (Å²) in [5.41, 5.74) is 0.824. The largest absolute Gasteiger partial charge is 0.497 e. The van der Waals surface area contributed by atoms with Crippen molar-refractivity contribution in [1.29, 1.82) is 0 Å². The predicted molar refractivity (Wildman–Crippen MR) is 140 cm³/mol. The van der Waals surface area contributed by atoms with E-state index in [4.69, 9.17) is 13.6 Å². The van der Waals surface area contributed by atoms with Crippen LogP contribution in [-0.2, 0) is 22.7 Å². The number of aryl methyl sites for hydroxylation is 1. The number of hydrogen-bond acceptors (Lipinski definition) is 8. The zero-order valence-corrected chi connectivity index (χ0v) is 22.1. The molecule has 1 aliphatic carbocycles. The minimum atomic E-state index is -0.979. The van der Waals surface area contributed by atoms with Crippen molar-refractivity contribution in [2.45, 2.75) is 64.2 Å². The average molecular weight is 533 g/mol. The topological polar surface area (TPSA) is 129 Å². The second-order valence-corrected chi connectivity index (χ2v) is 9.68. The lowest BCUT2D eigenvalue weighted by molar-refractivity contribution is -0.143. The second kappa shape index (κ2) is 12.0. The molecule has 39 heavy (non-hydrogen) atoms. The lowest BCUT2D eigenvalue weighted by atomic mass is 9.95. The normalized spacial score (nSPS) is 14.6.